The number of hydrogen-bond acceptors (Lipinski definition) is 6. The molecule has 11 heteroatoms. The Hall–Kier alpha value is -2.62. The van der Waals surface area contributed by atoms with Gasteiger partial charge in [-0.2, -0.15) is 0 Å². The monoisotopic (exact) mass is 482 g/mol. The number of rotatable bonds is 9. The minimum atomic E-state index is -0.435. The number of ether oxygens (including phenoxy) is 1. The minimum Gasteiger partial charge on any atom is -0.376 e. The van der Waals surface area contributed by atoms with Crippen LogP contribution in [0.1, 0.15) is 31.4 Å². The predicted molar refractivity (Wildman–Crippen MR) is 120 cm³/mol. The number of halogens is 2. The van der Waals surface area contributed by atoms with Crippen molar-refractivity contribution in [3.05, 3.63) is 40.1 Å². The van der Waals surface area contributed by atoms with Gasteiger partial charge < -0.3 is 19.9 Å². The van der Waals surface area contributed by atoms with Crippen molar-refractivity contribution in [1.29, 1.82) is 0 Å². The number of anilines is 2. The van der Waals surface area contributed by atoms with Crippen LogP contribution in [0.15, 0.2) is 28.8 Å². The van der Waals surface area contributed by atoms with E-state index in [0.717, 1.165) is 12.8 Å². The van der Waals surface area contributed by atoms with Gasteiger partial charge in [-0.15, -0.1) is 0 Å². The van der Waals surface area contributed by atoms with Crippen LogP contribution in [-0.4, -0.2) is 48.7 Å². The van der Waals surface area contributed by atoms with Gasteiger partial charge in [0, 0.05) is 37.7 Å². The van der Waals surface area contributed by atoms with Gasteiger partial charge in [-0.1, -0.05) is 28.4 Å². The number of aromatic nitrogens is 1. The lowest BCUT2D eigenvalue weighted by atomic mass is 10.2. The van der Waals surface area contributed by atoms with Gasteiger partial charge in [0.15, 0.2) is 5.82 Å². The Labute approximate surface area is 195 Å². The molecule has 0 spiro atoms. The summed E-state index contributed by atoms with van der Waals surface area (Å²) >= 11 is 11.8. The van der Waals surface area contributed by atoms with E-state index in [4.69, 9.17) is 32.5 Å². The van der Waals surface area contributed by atoms with Crippen molar-refractivity contribution in [1.82, 2.24) is 10.5 Å². The molecule has 1 atom stereocenters. The molecule has 1 aromatic heterocycles. The summed E-state index contributed by atoms with van der Waals surface area (Å²) < 4.78 is 10.5. The highest BCUT2D eigenvalue weighted by atomic mass is 35.5. The fourth-order valence-corrected chi connectivity index (χ4v) is 3.46. The Balaban J connectivity index is 1.56. The van der Waals surface area contributed by atoms with Gasteiger partial charge in [-0.3, -0.25) is 19.3 Å². The van der Waals surface area contributed by atoms with Gasteiger partial charge in [0.2, 0.25) is 17.7 Å². The van der Waals surface area contributed by atoms with Gasteiger partial charge in [0.05, 0.1) is 16.1 Å². The van der Waals surface area contributed by atoms with E-state index in [1.54, 1.807) is 25.1 Å². The van der Waals surface area contributed by atoms with E-state index >= 15 is 0 Å². The second kappa shape index (κ2) is 11.3. The third-order valence-corrected chi connectivity index (χ3v) is 5.55. The Kier molecular flexibility index (Phi) is 8.49. The van der Waals surface area contributed by atoms with Crippen LogP contribution in [0.4, 0.5) is 11.5 Å². The SMILES string of the molecule is Cc1cc(N(CC(=O)NCC2CCCO2)C(=O)CCC(=O)Nc2ccc(Cl)c(Cl)c2)no1. The maximum atomic E-state index is 12.8. The third-order valence-electron chi connectivity index (χ3n) is 4.82. The van der Waals surface area contributed by atoms with Crippen LogP contribution in [0.2, 0.25) is 10.0 Å². The number of carbonyl (C=O) groups is 3. The first kappa shape index (κ1) is 24.0. The molecule has 2 aromatic rings. The van der Waals surface area contributed by atoms with Gasteiger partial charge in [-0.25, -0.2) is 0 Å². The van der Waals surface area contributed by atoms with Crippen molar-refractivity contribution >= 4 is 52.4 Å². The van der Waals surface area contributed by atoms with Crippen molar-refractivity contribution in [3.63, 3.8) is 0 Å². The van der Waals surface area contributed by atoms with Crippen molar-refractivity contribution in [3.8, 4) is 0 Å². The average molecular weight is 483 g/mol. The molecule has 1 fully saturated rings. The van der Waals surface area contributed by atoms with Crippen LogP contribution in [-0.2, 0) is 19.1 Å². The topological polar surface area (TPSA) is 114 Å². The molecule has 9 nitrogen and oxygen atoms in total. The maximum Gasteiger partial charge on any atom is 0.240 e. The zero-order valence-corrected chi connectivity index (χ0v) is 19.0. The molecule has 0 bridgehead atoms. The molecular weight excluding hydrogens is 459 g/mol. The number of nitrogens with one attached hydrogen (secondary N) is 2. The van der Waals surface area contributed by atoms with E-state index < -0.39 is 5.91 Å². The van der Waals surface area contributed by atoms with Crippen LogP contribution in [0.3, 0.4) is 0 Å². The Morgan fingerprint density at radius 2 is 1.97 bits per heavy atom. The van der Waals surface area contributed by atoms with Gasteiger partial charge in [0.1, 0.15) is 12.3 Å². The van der Waals surface area contributed by atoms with E-state index in [2.05, 4.69) is 15.8 Å². The highest BCUT2D eigenvalue weighted by Crippen LogP contribution is 2.25. The van der Waals surface area contributed by atoms with Gasteiger partial charge in [0.25, 0.3) is 0 Å². The number of benzene rings is 1. The van der Waals surface area contributed by atoms with Gasteiger partial charge >= 0.3 is 0 Å². The molecular formula is C21H24Cl2N4O5. The highest BCUT2D eigenvalue weighted by molar-refractivity contribution is 6.42. The third kappa shape index (κ3) is 6.94. The lowest BCUT2D eigenvalue weighted by molar-refractivity contribution is -0.125. The normalized spacial score (nSPS) is 15.4. The molecule has 172 valence electrons. The summed E-state index contributed by atoms with van der Waals surface area (Å²) in [5, 5.41) is 9.95. The summed E-state index contributed by atoms with van der Waals surface area (Å²) in [6.45, 7) is 2.51. The predicted octanol–water partition coefficient (Wildman–Crippen LogP) is 3.34. The molecule has 1 unspecified atom stereocenters. The van der Waals surface area contributed by atoms with E-state index in [1.165, 1.54) is 11.0 Å². The number of nitrogens with zero attached hydrogens (tertiary/aromatic N) is 2. The molecule has 2 N–H and O–H groups in total. The molecule has 1 saturated heterocycles. The summed E-state index contributed by atoms with van der Waals surface area (Å²) in [7, 11) is 0. The maximum absolute atomic E-state index is 12.8. The smallest absolute Gasteiger partial charge is 0.240 e. The molecule has 0 saturated carbocycles. The quantitative estimate of drug-likeness (QED) is 0.566. The van der Waals surface area contributed by atoms with Crippen molar-refractivity contribution in [2.24, 2.45) is 0 Å². The van der Waals surface area contributed by atoms with Crippen LogP contribution in [0.25, 0.3) is 0 Å². The lowest BCUT2D eigenvalue weighted by Gasteiger charge is -2.20. The van der Waals surface area contributed by atoms with E-state index in [9.17, 15) is 14.4 Å². The molecule has 3 rings (SSSR count). The fourth-order valence-electron chi connectivity index (χ4n) is 3.16. The van der Waals surface area contributed by atoms with E-state index in [1.807, 2.05) is 0 Å². The average Bonchev–Trinajstić information content (AvgIpc) is 3.43. The van der Waals surface area contributed by atoms with Crippen LogP contribution < -0.4 is 15.5 Å². The second-order valence-corrected chi connectivity index (χ2v) is 8.21. The van der Waals surface area contributed by atoms with E-state index in [0.29, 0.717) is 34.6 Å². The molecule has 1 aromatic carbocycles. The van der Waals surface area contributed by atoms with Crippen LogP contribution in [0, 0.1) is 6.92 Å². The lowest BCUT2D eigenvalue weighted by Crippen LogP contribution is -2.43. The van der Waals surface area contributed by atoms with Crippen molar-refractivity contribution in [2.45, 2.75) is 38.7 Å². The standard InChI is InChI=1S/C21H24Cl2N4O5/c1-13-9-18(26-32-13)27(12-20(29)24-11-15-3-2-8-31-15)21(30)7-6-19(28)25-14-4-5-16(22)17(23)10-14/h4-5,9-10,15H,2-3,6-8,11-12H2,1H3,(H,24,29)(H,25,28). The minimum absolute atomic E-state index is 0.0116. The number of hydrogen-bond donors (Lipinski definition) is 2. The first-order valence-corrected chi connectivity index (χ1v) is 10.9. The molecule has 1 aliphatic rings. The Morgan fingerprint density at radius 1 is 1.16 bits per heavy atom. The first-order chi connectivity index (χ1) is 15.3. The largest absolute Gasteiger partial charge is 0.376 e. The first-order valence-electron chi connectivity index (χ1n) is 10.2. The molecule has 1 aliphatic heterocycles. The summed E-state index contributed by atoms with van der Waals surface area (Å²) in [6, 6.07) is 6.25. The highest BCUT2D eigenvalue weighted by Gasteiger charge is 2.24. The summed E-state index contributed by atoms with van der Waals surface area (Å²) in [6.07, 6.45) is 1.62. The summed E-state index contributed by atoms with van der Waals surface area (Å²) in [4.78, 5) is 38.7. The van der Waals surface area contributed by atoms with Gasteiger partial charge in [-0.05, 0) is 38.0 Å². The summed E-state index contributed by atoms with van der Waals surface area (Å²) in [5.74, 6) is -0.458. The van der Waals surface area contributed by atoms with Crippen LogP contribution in [0.5, 0.6) is 0 Å². The fraction of sp³-hybridized carbons (Fsp3) is 0.429. The Morgan fingerprint density at radius 3 is 2.62 bits per heavy atom. The molecule has 32 heavy (non-hydrogen) atoms. The van der Waals surface area contributed by atoms with Crippen molar-refractivity contribution < 1.29 is 23.6 Å². The second-order valence-electron chi connectivity index (χ2n) is 7.39. The molecule has 0 aliphatic carbocycles. The number of carbonyl (C=O) groups excluding carboxylic acids is 3. The zero-order chi connectivity index (χ0) is 23.1. The Bertz CT molecular complexity index is 975. The summed E-state index contributed by atoms with van der Waals surface area (Å²) in [5.41, 5.74) is 0.467. The molecule has 3 amide bonds. The van der Waals surface area contributed by atoms with Crippen LogP contribution >= 0.6 is 23.2 Å². The molecule has 0 radical (unpaired) electrons. The number of amides is 3. The number of aryl methyl sites for hydroxylation is 1. The molecule has 2 heterocycles. The van der Waals surface area contributed by atoms with Crippen molar-refractivity contribution in [2.75, 3.05) is 29.9 Å². The van der Waals surface area contributed by atoms with E-state index in [-0.39, 0.29) is 43.1 Å². The zero-order valence-electron chi connectivity index (χ0n) is 17.5.